The molecule has 1 heterocycles. The maximum atomic E-state index is 12.5. The van der Waals surface area contributed by atoms with Gasteiger partial charge in [-0.25, -0.2) is 4.79 Å². The third kappa shape index (κ3) is 4.78. The molecule has 0 saturated heterocycles. The minimum atomic E-state index is -0.737. The van der Waals surface area contributed by atoms with E-state index in [9.17, 15) is 14.4 Å². The number of nitrogens with zero attached hydrogens (tertiary/aromatic N) is 1. The Kier molecular flexibility index (Phi) is 6.68. The van der Waals surface area contributed by atoms with Gasteiger partial charge in [0.15, 0.2) is 5.78 Å². The molecule has 0 amide bonds. The molecule has 1 aromatic heterocycles. The lowest BCUT2D eigenvalue weighted by molar-refractivity contribution is 0.102. The molecule has 1 aromatic carbocycles. The van der Waals surface area contributed by atoms with Crippen LogP contribution in [0.15, 0.2) is 33.9 Å². The Morgan fingerprint density at radius 2 is 2.08 bits per heavy atom. The van der Waals surface area contributed by atoms with Gasteiger partial charge in [0.25, 0.3) is 5.56 Å². The van der Waals surface area contributed by atoms with E-state index in [1.807, 2.05) is 38.1 Å². The molecule has 0 unspecified atom stereocenters. The second-order valence-corrected chi connectivity index (χ2v) is 7.28. The standard InChI is InChI=1S/C18H23N3O4S/c1-11(2)8-21-16(19)15(17(23)20-18(21)24)14(22)10-26-9-12-5-4-6-13(7-12)25-3/h4-7,11H,8-10,19H2,1-3H3,(H,20,23,24). The summed E-state index contributed by atoms with van der Waals surface area (Å²) >= 11 is 1.37. The lowest BCUT2D eigenvalue weighted by Crippen LogP contribution is -2.37. The predicted molar refractivity (Wildman–Crippen MR) is 104 cm³/mol. The normalized spacial score (nSPS) is 10.9. The van der Waals surface area contributed by atoms with Crippen molar-refractivity contribution in [3.8, 4) is 5.75 Å². The number of rotatable bonds is 8. The number of hydrogen-bond acceptors (Lipinski definition) is 6. The molecule has 140 valence electrons. The number of ether oxygens (including phenoxy) is 1. The number of thioether (sulfide) groups is 1. The quantitative estimate of drug-likeness (QED) is 0.681. The molecule has 0 aliphatic rings. The number of benzene rings is 1. The zero-order valence-electron chi connectivity index (χ0n) is 15.1. The van der Waals surface area contributed by atoms with Crippen LogP contribution in [0.5, 0.6) is 5.75 Å². The van der Waals surface area contributed by atoms with E-state index in [0.717, 1.165) is 11.3 Å². The van der Waals surface area contributed by atoms with Crippen LogP contribution >= 0.6 is 11.8 Å². The van der Waals surface area contributed by atoms with Gasteiger partial charge in [-0.05, 0) is 23.6 Å². The van der Waals surface area contributed by atoms with Crippen molar-refractivity contribution in [2.24, 2.45) is 5.92 Å². The number of carbonyl (C=O) groups is 1. The van der Waals surface area contributed by atoms with Crippen LogP contribution in [0.2, 0.25) is 0 Å². The molecule has 0 saturated carbocycles. The summed E-state index contributed by atoms with van der Waals surface area (Å²) in [6.07, 6.45) is 0. The summed E-state index contributed by atoms with van der Waals surface area (Å²) in [5.74, 6) is 1.10. The first kappa shape index (κ1) is 19.8. The average molecular weight is 377 g/mol. The molecule has 2 aromatic rings. The zero-order chi connectivity index (χ0) is 19.3. The maximum Gasteiger partial charge on any atom is 0.329 e. The Morgan fingerprint density at radius 1 is 1.35 bits per heavy atom. The molecule has 0 spiro atoms. The van der Waals surface area contributed by atoms with Crippen molar-refractivity contribution in [3.63, 3.8) is 0 Å². The Hall–Kier alpha value is -2.48. The van der Waals surface area contributed by atoms with Gasteiger partial charge in [-0.3, -0.25) is 19.1 Å². The molecule has 8 heteroatoms. The molecular weight excluding hydrogens is 354 g/mol. The van der Waals surface area contributed by atoms with Crippen LogP contribution in [0.3, 0.4) is 0 Å². The number of ketones is 1. The van der Waals surface area contributed by atoms with Crippen LogP contribution in [0, 0.1) is 5.92 Å². The molecular formula is C18H23N3O4S. The van der Waals surface area contributed by atoms with Gasteiger partial charge in [0.2, 0.25) is 0 Å². The first-order chi connectivity index (χ1) is 12.3. The number of anilines is 1. The summed E-state index contributed by atoms with van der Waals surface area (Å²) in [6.45, 7) is 4.17. The Morgan fingerprint density at radius 3 is 2.73 bits per heavy atom. The predicted octanol–water partition coefficient (Wildman–Crippen LogP) is 1.90. The number of nitrogens with two attached hydrogens (primary N) is 1. The van der Waals surface area contributed by atoms with Crippen LogP contribution < -0.4 is 21.7 Å². The third-order valence-electron chi connectivity index (χ3n) is 3.70. The van der Waals surface area contributed by atoms with Gasteiger partial charge in [-0.15, -0.1) is 11.8 Å². The van der Waals surface area contributed by atoms with Crippen LogP contribution in [0.25, 0.3) is 0 Å². The van der Waals surface area contributed by atoms with Gasteiger partial charge in [-0.1, -0.05) is 26.0 Å². The van der Waals surface area contributed by atoms with E-state index in [-0.39, 0.29) is 23.1 Å². The summed E-state index contributed by atoms with van der Waals surface area (Å²) in [5.41, 5.74) is 5.48. The molecule has 26 heavy (non-hydrogen) atoms. The van der Waals surface area contributed by atoms with Crippen LogP contribution in [-0.2, 0) is 12.3 Å². The fraction of sp³-hybridized carbons (Fsp3) is 0.389. The largest absolute Gasteiger partial charge is 0.497 e. The van der Waals surface area contributed by atoms with Gasteiger partial charge in [0.05, 0.1) is 12.9 Å². The van der Waals surface area contributed by atoms with E-state index in [4.69, 9.17) is 10.5 Å². The summed E-state index contributed by atoms with van der Waals surface area (Å²) in [5, 5.41) is 0. The molecule has 0 aliphatic heterocycles. The van der Waals surface area contributed by atoms with Crippen molar-refractivity contribution in [2.45, 2.75) is 26.1 Å². The Bertz CT molecular complexity index is 902. The van der Waals surface area contributed by atoms with Gasteiger partial charge < -0.3 is 10.5 Å². The molecule has 0 bridgehead atoms. The van der Waals surface area contributed by atoms with Crippen molar-refractivity contribution >= 4 is 23.4 Å². The van der Waals surface area contributed by atoms with Crippen molar-refractivity contribution in [2.75, 3.05) is 18.6 Å². The van der Waals surface area contributed by atoms with Crippen molar-refractivity contribution in [3.05, 3.63) is 56.2 Å². The highest BCUT2D eigenvalue weighted by molar-refractivity contribution is 7.99. The highest BCUT2D eigenvalue weighted by Crippen LogP contribution is 2.19. The number of nitrogen functional groups attached to an aromatic ring is 1. The number of nitrogens with one attached hydrogen (secondary N) is 1. The van der Waals surface area contributed by atoms with Crippen LogP contribution in [0.1, 0.15) is 29.8 Å². The minimum Gasteiger partial charge on any atom is -0.497 e. The van der Waals surface area contributed by atoms with Gasteiger partial charge in [0, 0.05) is 12.3 Å². The highest BCUT2D eigenvalue weighted by Gasteiger charge is 2.19. The van der Waals surface area contributed by atoms with Gasteiger partial charge in [-0.2, -0.15) is 0 Å². The second kappa shape index (κ2) is 8.75. The van der Waals surface area contributed by atoms with Crippen molar-refractivity contribution in [1.29, 1.82) is 0 Å². The number of hydrogen-bond donors (Lipinski definition) is 2. The molecule has 2 rings (SSSR count). The molecule has 3 N–H and O–H groups in total. The number of Topliss-reactive ketones (excluding diaryl/α,β-unsaturated/α-hetero) is 1. The summed E-state index contributed by atoms with van der Waals surface area (Å²) in [4.78, 5) is 38.7. The van der Waals surface area contributed by atoms with E-state index in [1.165, 1.54) is 16.3 Å². The first-order valence-corrected chi connectivity index (χ1v) is 9.35. The molecule has 0 fully saturated rings. The van der Waals surface area contributed by atoms with E-state index >= 15 is 0 Å². The smallest absolute Gasteiger partial charge is 0.329 e. The first-order valence-electron chi connectivity index (χ1n) is 8.20. The van der Waals surface area contributed by atoms with E-state index in [2.05, 4.69) is 4.98 Å². The Balaban J connectivity index is 2.14. The van der Waals surface area contributed by atoms with Crippen LogP contribution in [0.4, 0.5) is 5.82 Å². The maximum absolute atomic E-state index is 12.5. The van der Waals surface area contributed by atoms with E-state index in [0.29, 0.717) is 12.3 Å². The van der Waals surface area contributed by atoms with E-state index < -0.39 is 17.0 Å². The highest BCUT2D eigenvalue weighted by atomic mass is 32.2. The average Bonchev–Trinajstić information content (AvgIpc) is 2.58. The monoisotopic (exact) mass is 377 g/mol. The molecule has 0 atom stereocenters. The summed E-state index contributed by atoms with van der Waals surface area (Å²) < 4.78 is 6.41. The van der Waals surface area contributed by atoms with Crippen molar-refractivity contribution in [1.82, 2.24) is 9.55 Å². The molecule has 0 radical (unpaired) electrons. The Labute approximate surface area is 155 Å². The third-order valence-corrected chi connectivity index (χ3v) is 4.71. The lowest BCUT2D eigenvalue weighted by atomic mass is 10.2. The number of carbonyl (C=O) groups excluding carboxylic acids is 1. The van der Waals surface area contributed by atoms with Gasteiger partial charge >= 0.3 is 5.69 Å². The fourth-order valence-electron chi connectivity index (χ4n) is 2.50. The van der Waals surface area contributed by atoms with E-state index in [1.54, 1.807) is 7.11 Å². The SMILES string of the molecule is COc1cccc(CSCC(=O)c2c(N)n(CC(C)C)c(=O)[nH]c2=O)c1. The second-order valence-electron chi connectivity index (χ2n) is 6.29. The van der Waals surface area contributed by atoms with Crippen molar-refractivity contribution < 1.29 is 9.53 Å². The fourth-order valence-corrected chi connectivity index (χ4v) is 3.35. The summed E-state index contributed by atoms with van der Waals surface area (Å²) in [7, 11) is 1.59. The summed E-state index contributed by atoms with van der Waals surface area (Å²) in [6, 6.07) is 7.55. The van der Waals surface area contributed by atoms with Crippen LogP contribution in [-0.4, -0.2) is 28.2 Å². The lowest BCUT2D eigenvalue weighted by Gasteiger charge is -2.13. The zero-order valence-corrected chi connectivity index (χ0v) is 15.9. The molecule has 7 nitrogen and oxygen atoms in total. The number of methoxy groups -OCH3 is 1. The topological polar surface area (TPSA) is 107 Å². The minimum absolute atomic E-state index is 0.0700. The van der Waals surface area contributed by atoms with Gasteiger partial charge in [0.1, 0.15) is 17.1 Å². The molecule has 0 aliphatic carbocycles. The number of aromatic amines is 1. The number of aromatic nitrogens is 2. The number of H-pyrrole nitrogens is 1.